The molecule has 0 saturated heterocycles. The molecule has 0 atom stereocenters. The van der Waals surface area contributed by atoms with Crippen molar-refractivity contribution in [3.05, 3.63) is 96.3 Å². The minimum Gasteiger partial charge on any atom is -0.503 e. The second kappa shape index (κ2) is 9.99. The molecule has 0 aliphatic heterocycles. The molecule has 3 aromatic carbocycles. The van der Waals surface area contributed by atoms with Gasteiger partial charge in [0.15, 0.2) is 0 Å². The molecule has 0 unspecified atom stereocenters. The highest BCUT2D eigenvalue weighted by Crippen LogP contribution is 2.26. The van der Waals surface area contributed by atoms with Crippen molar-refractivity contribution in [2.24, 2.45) is 0 Å². The summed E-state index contributed by atoms with van der Waals surface area (Å²) in [7, 11) is 2.82. The van der Waals surface area contributed by atoms with Gasteiger partial charge in [-0.05, 0) is 47.5 Å². The normalized spacial score (nSPS) is 10.9. The molecule has 0 spiro atoms. The Morgan fingerprint density at radius 3 is 2.10 bits per heavy atom. The van der Waals surface area contributed by atoms with E-state index in [0.717, 1.165) is 17.1 Å². The van der Waals surface area contributed by atoms with Crippen LogP contribution in [0.25, 0.3) is 5.57 Å². The lowest BCUT2D eigenvalue weighted by molar-refractivity contribution is -0.133. The summed E-state index contributed by atoms with van der Waals surface area (Å²) in [4.78, 5) is 12.1. The average molecular weight is 390 g/mol. The first-order chi connectivity index (χ1) is 14.2. The van der Waals surface area contributed by atoms with Crippen molar-refractivity contribution in [2.75, 3.05) is 14.2 Å². The number of carbonyl (C=O) groups excluding carboxylic acids is 1. The molecule has 0 radical (unpaired) electrons. The van der Waals surface area contributed by atoms with Crippen LogP contribution >= 0.6 is 0 Å². The maximum atomic E-state index is 12.1. The number of hydrogen-bond donors (Lipinski definition) is 0. The Bertz CT molecular complexity index is 962. The molecule has 0 aliphatic carbocycles. The second-order valence-corrected chi connectivity index (χ2v) is 6.09. The summed E-state index contributed by atoms with van der Waals surface area (Å²) in [6.07, 6.45) is 1.38. The zero-order valence-electron chi connectivity index (χ0n) is 16.3. The van der Waals surface area contributed by atoms with Gasteiger partial charge in [0.2, 0.25) is 0 Å². The molecule has 148 valence electrons. The molecule has 0 amide bonds. The zero-order valence-corrected chi connectivity index (χ0v) is 16.3. The summed E-state index contributed by atoms with van der Waals surface area (Å²) in [6.45, 7) is 0.285. The van der Waals surface area contributed by atoms with Gasteiger partial charge in [0.1, 0.15) is 29.4 Å². The van der Waals surface area contributed by atoms with Crippen LogP contribution in [0.4, 0.5) is 0 Å². The first-order valence-corrected chi connectivity index (χ1v) is 9.06. The molecule has 3 rings (SSSR count). The number of methoxy groups -OCH3 is 2. The third-order valence-corrected chi connectivity index (χ3v) is 4.15. The fourth-order valence-corrected chi connectivity index (χ4v) is 2.75. The maximum absolute atomic E-state index is 12.1. The van der Waals surface area contributed by atoms with Crippen LogP contribution < -0.4 is 9.47 Å². The van der Waals surface area contributed by atoms with Crippen molar-refractivity contribution in [3.63, 3.8) is 0 Å². The standard InChI is InChI=1S/C24H22O5/c1-26-17-23(24(25)27-2)22-11-7-6-8-18(22)16-28-19-12-14-21(15-13-19)29-20-9-4-3-5-10-20/h3-15,17H,16H2,1-2H3. The van der Waals surface area contributed by atoms with Crippen LogP contribution in [0, 0.1) is 0 Å². The van der Waals surface area contributed by atoms with Crippen LogP contribution in [0.2, 0.25) is 0 Å². The third kappa shape index (κ3) is 5.39. The van der Waals surface area contributed by atoms with E-state index in [0.29, 0.717) is 16.9 Å². The van der Waals surface area contributed by atoms with Gasteiger partial charge in [0, 0.05) is 0 Å². The number of carbonyl (C=O) groups is 1. The smallest absolute Gasteiger partial charge is 0.341 e. The van der Waals surface area contributed by atoms with E-state index in [1.165, 1.54) is 20.5 Å². The lowest BCUT2D eigenvalue weighted by atomic mass is 10.0. The molecular weight excluding hydrogens is 368 g/mol. The summed E-state index contributed by atoms with van der Waals surface area (Å²) in [5.74, 6) is 1.72. The van der Waals surface area contributed by atoms with Crippen LogP contribution in [-0.2, 0) is 20.9 Å². The van der Waals surface area contributed by atoms with Crippen molar-refractivity contribution in [2.45, 2.75) is 6.61 Å². The van der Waals surface area contributed by atoms with Gasteiger partial charge >= 0.3 is 5.97 Å². The van der Waals surface area contributed by atoms with E-state index in [4.69, 9.17) is 18.9 Å². The second-order valence-electron chi connectivity index (χ2n) is 6.09. The molecule has 0 heterocycles. The van der Waals surface area contributed by atoms with Gasteiger partial charge in [-0.1, -0.05) is 42.5 Å². The fourth-order valence-electron chi connectivity index (χ4n) is 2.75. The van der Waals surface area contributed by atoms with Gasteiger partial charge in [-0.25, -0.2) is 4.79 Å². The van der Waals surface area contributed by atoms with E-state index in [1.807, 2.05) is 78.9 Å². The Kier molecular flexibility index (Phi) is 6.90. The topological polar surface area (TPSA) is 54.0 Å². The van der Waals surface area contributed by atoms with Crippen molar-refractivity contribution in [1.82, 2.24) is 0 Å². The van der Waals surface area contributed by atoms with Crippen LogP contribution in [-0.4, -0.2) is 20.2 Å². The average Bonchev–Trinajstić information content (AvgIpc) is 2.77. The monoisotopic (exact) mass is 390 g/mol. The van der Waals surface area contributed by atoms with Crippen molar-refractivity contribution >= 4 is 11.5 Å². The third-order valence-electron chi connectivity index (χ3n) is 4.15. The Labute approximate surface area is 170 Å². The summed E-state index contributed by atoms with van der Waals surface area (Å²) < 4.78 is 21.6. The van der Waals surface area contributed by atoms with Gasteiger partial charge in [0.05, 0.1) is 20.5 Å². The highest BCUT2D eigenvalue weighted by atomic mass is 16.5. The first kappa shape index (κ1) is 20.0. The molecule has 0 aliphatic rings. The summed E-state index contributed by atoms with van der Waals surface area (Å²) in [5, 5.41) is 0. The molecule has 5 nitrogen and oxygen atoms in total. The Morgan fingerprint density at radius 2 is 1.41 bits per heavy atom. The number of benzene rings is 3. The zero-order chi connectivity index (χ0) is 20.5. The summed E-state index contributed by atoms with van der Waals surface area (Å²) in [5.41, 5.74) is 1.87. The minimum atomic E-state index is -0.471. The number of rotatable bonds is 8. The Morgan fingerprint density at radius 1 is 0.793 bits per heavy atom. The SMILES string of the molecule is COC=C(C(=O)OC)c1ccccc1COc1ccc(Oc2ccccc2)cc1. The van der Waals surface area contributed by atoms with Crippen molar-refractivity contribution in [1.29, 1.82) is 0 Å². The number of ether oxygens (including phenoxy) is 4. The summed E-state index contributed by atoms with van der Waals surface area (Å²) in [6, 6.07) is 24.4. The number of para-hydroxylation sites is 1. The molecule has 29 heavy (non-hydrogen) atoms. The van der Waals surface area contributed by atoms with Gasteiger partial charge in [-0.15, -0.1) is 0 Å². The van der Waals surface area contributed by atoms with Crippen LogP contribution in [0.1, 0.15) is 11.1 Å². The lowest BCUT2D eigenvalue weighted by Crippen LogP contribution is -2.08. The van der Waals surface area contributed by atoms with Crippen LogP contribution in [0.5, 0.6) is 17.2 Å². The predicted molar refractivity (Wildman–Crippen MR) is 111 cm³/mol. The van der Waals surface area contributed by atoms with E-state index in [2.05, 4.69) is 0 Å². The lowest BCUT2D eigenvalue weighted by Gasteiger charge is -2.13. The van der Waals surface area contributed by atoms with E-state index in [1.54, 1.807) is 0 Å². The predicted octanol–water partition coefficient (Wildman–Crippen LogP) is 5.22. The molecule has 0 fully saturated rings. The maximum Gasteiger partial charge on any atom is 0.341 e. The summed E-state index contributed by atoms with van der Waals surface area (Å²) >= 11 is 0. The van der Waals surface area contributed by atoms with E-state index in [9.17, 15) is 4.79 Å². The van der Waals surface area contributed by atoms with Crippen molar-refractivity contribution in [3.8, 4) is 17.2 Å². The Hall–Kier alpha value is -3.73. The van der Waals surface area contributed by atoms with E-state index < -0.39 is 5.97 Å². The number of esters is 1. The molecule has 0 aromatic heterocycles. The molecule has 3 aromatic rings. The van der Waals surface area contributed by atoms with Gasteiger partial charge in [-0.2, -0.15) is 0 Å². The quantitative estimate of drug-likeness (QED) is 0.300. The van der Waals surface area contributed by atoms with Gasteiger partial charge in [0.25, 0.3) is 0 Å². The van der Waals surface area contributed by atoms with E-state index in [-0.39, 0.29) is 6.61 Å². The molecular formula is C24H22O5. The van der Waals surface area contributed by atoms with E-state index >= 15 is 0 Å². The van der Waals surface area contributed by atoms with Gasteiger partial charge < -0.3 is 18.9 Å². The highest BCUT2D eigenvalue weighted by molar-refractivity contribution is 6.16. The largest absolute Gasteiger partial charge is 0.503 e. The molecule has 0 N–H and O–H groups in total. The highest BCUT2D eigenvalue weighted by Gasteiger charge is 2.16. The Balaban J connectivity index is 1.70. The van der Waals surface area contributed by atoms with Gasteiger partial charge in [-0.3, -0.25) is 0 Å². The molecule has 5 heteroatoms. The fraction of sp³-hybridized carbons (Fsp3) is 0.125. The van der Waals surface area contributed by atoms with Crippen molar-refractivity contribution < 1.29 is 23.7 Å². The first-order valence-electron chi connectivity index (χ1n) is 9.06. The minimum absolute atomic E-state index is 0.285. The van der Waals surface area contributed by atoms with Crippen LogP contribution in [0.3, 0.4) is 0 Å². The molecule has 0 saturated carbocycles. The van der Waals surface area contributed by atoms with Crippen LogP contribution in [0.15, 0.2) is 85.1 Å². The molecule has 0 bridgehead atoms. The number of hydrogen-bond acceptors (Lipinski definition) is 5.